The molecule has 0 aromatic heterocycles. The maximum atomic E-state index is 14.0. The first-order valence-corrected chi connectivity index (χ1v) is 16.3. The van der Waals surface area contributed by atoms with Gasteiger partial charge >= 0.3 is 6.18 Å². The number of alkyl halides is 3. The van der Waals surface area contributed by atoms with Crippen LogP contribution in [0.15, 0.2) is 48.1 Å². The lowest BCUT2D eigenvalue weighted by Gasteiger charge is -2.50. The minimum Gasteiger partial charge on any atom is -0.353 e. The summed E-state index contributed by atoms with van der Waals surface area (Å²) in [6.07, 6.45) is 10.4. The molecule has 0 radical (unpaired) electrons. The van der Waals surface area contributed by atoms with E-state index in [2.05, 4.69) is 55.7 Å². The van der Waals surface area contributed by atoms with E-state index in [-0.39, 0.29) is 35.7 Å². The number of nitrogens with zero attached hydrogens (tertiary/aromatic N) is 2. The largest absolute Gasteiger partial charge is 0.416 e. The van der Waals surface area contributed by atoms with Crippen LogP contribution in [0.4, 0.5) is 13.2 Å². The van der Waals surface area contributed by atoms with Crippen LogP contribution in [0.3, 0.4) is 0 Å². The van der Waals surface area contributed by atoms with Gasteiger partial charge in [-0.1, -0.05) is 70.9 Å². The Hall–Kier alpha value is -2.16. The molecule has 8 heteroatoms. The van der Waals surface area contributed by atoms with Crippen LogP contribution in [0.25, 0.3) is 0 Å². The third-order valence-corrected chi connectivity index (χ3v) is 10.2. The van der Waals surface area contributed by atoms with Gasteiger partial charge in [-0.3, -0.25) is 9.69 Å². The topological polar surface area (TPSA) is 62.1 Å². The average Bonchev–Trinajstić information content (AvgIpc) is 3.66. The minimum absolute atomic E-state index is 0.00282. The van der Waals surface area contributed by atoms with Gasteiger partial charge in [-0.15, -0.1) is 0 Å². The van der Waals surface area contributed by atoms with Crippen LogP contribution >= 0.6 is 0 Å². The second kappa shape index (κ2) is 13.1. The summed E-state index contributed by atoms with van der Waals surface area (Å²) in [4.78, 5) is 18.4. The number of nitrogens with two attached hydrogens (primary N) is 1. The van der Waals surface area contributed by atoms with Crippen molar-refractivity contribution in [3.63, 3.8) is 0 Å². The van der Waals surface area contributed by atoms with E-state index in [9.17, 15) is 18.0 Å². The number of epoxide rings is 1. The second-order valence-corrected chi connectivity index (χ2v) is 14.5. The van der Waals surface area contributed by atoms with Gasteiger partial charge in [0.2, 0.25) is 5.91 Å². The Morgan fingerprint density at radius 1 is 1.05 bits per heavy atom. The second-order valence-electron chi connectivity index (χ2n) is 14.5. The van der Waals surface area contributed by atoms with Crippen molar-refractivity contribution in [2.75, 3.05) is 19.6 Å². The fourth-order valence-corrected chi connectivity index (χ4v) is 7.48. The third-order valence-electron chi connectivity index (χ3n) is 10.2. The van der Waals surface area contributed by atoms with Crippen molar-refractivity contribution in [2.24, 2.45) is 28.9 Å². The first-order valence-electron chi connectivity index (χ1n) is 16.3. The van der Waals surface area contributed by atoms with Crippen LogP contribution in [-0.4, -0.2) is 53.7 Å². The summed E-state index contributed by atoms with van der Waals surface area (Å²) in [7, 11) is 0. The van der Waals surface area contributed by atoms with Gasteiger partial charge < -0.3 is 15.4 Å². The van der Waals surface area contributed by atoms with Gasteiger partial charge in [0.15, 0.2) is 0 Å². The Kier molecular flexibility index (Phi) is 9.79. The van der Waals surface area contributed by atoms with Crippen LogP contribution in [0.2, 0.25) is 0 Å². The monoisotopic (exact) mass is 601 g/mol. The lowest BCUT2D eigenvalue weighted by molar-refractivity contribution is -0.141. The molecule has 4 aliphatic rings. The van der Waals surface area contributed by atoms with Crippen LogP contribution in [0, 0.1) is 23.2 Å². The standard InChI is InChI=1S/C35H50F3N3O2/c1-23-9-12-25(13-10-23)31(26-15-17-28(18-16-26)35(36,37)38)40-19-20-41(29(22-40)34(2,3)4)30(42)21-24-7-5-6-8-27(14-11-24)32-33(39)43-32/h9,12-13,15-18,23-24,27,29,31-33H,5-8,10-11,14,19-22,39H2,1-4H3. The maximum absolute atomic E-state index is 14.0. The molecule has 2 aliphatic carbocycles. The third kappa shape index (κ3) is 7.93. The van der Waals surface area contributed by atoms with Gasteiger partial charge in [0, 0.05) is 32.1 Å². The molecule has 5 rings (SSSR count). The first-order chi connectivity index (χ1) is 20.3. The van der Waals surface area contributed by atoms with Gasteiger partial charge in [-0.2, -0.15) is 13.2 Å². The number of allylic oxidation sites excluding steroid dienone is 2. The van der Waals surface area contributed by atoms with Crippen LogP contribution in [0.5, 0.6) is 0 Å². The predicted molar refractivity (Wildman–Crippen MR) is 164 cm³/mol. The van der Waals surface area contributed by atoms with E-state index in [0.29, 0.717) is 43.8 Å². The normalized spacial score (nSPS) is 31.6. The molecular weight excluding hydrogens is 551 g/mol. The summed E-state index contributed by atoms with van der Waals surface area (Å²) in [5.41, 5.74) is 7.15. The van der Waals surface area contributed by atoms with Crippen molar-refractivity contribution in [3.8, 4) is 0 Å². The van der Waals surface area contributed by atoms with Crippen LogP contribution in [0.1, 0.15) is 96.2 Å². The summed E-state index contributed by atoms with van der Waals surface area (Å²) in [6, 6.07) is 5.49. The average molecular weight is 602 g/mol. The Morgan fingerprint density at radius 3 is 2.35 bits per heavy atom. The van der Waals surface area contributed by atoms with Gasteiger partial charge in [0.1, 0.15) is 12.3 Å². The number of carbonyl (C=O) groups excluding carboxylic acids is 1. The predicted octanol–water partition coefficient (Wildman–Crippen LogP) is 7.49. The van der Waals surface area contributed by atoms with Crippen molar-refractivity contribution < 1.29 is 22.7 Å². The van der Waals surface area contributed by atoms with E-state index in [1.54, 1.807) is 12.1 Å². The number of hydrogen-bond donors (Lipinski definition) is 1. The number of carbonyl (C=O) groups is 1. The number of piperazine rings is 1. The number of amides is 1. The zero-order chi connectivity index (χ0) is 30.9. The Morgan fingerprint density at radius 2 is 1.74 bits per heavy atom. The molecule has 1 aromatic rings. The molecule has 0 bridgehead atoms. The SMILES string of the molecule is CC1C=CC(C(c2ccc(C(F)(F)F)cc2)N2CCN(C(=O)CC3CCCCC(C4OC4N)CC3)C(C(C)(C)C)C2)=CC1. The van der Waals surface area contributed by atoms with Crippen molar-refractivity contribution in [1.29, 1.82) is 0 Å². The molecule has 1 aromatic carbocycles. The molecule has 43 heavy (non-hydrogen) atoms. The highest BCUT2D eigenvalue weighted by molar-refractivity contribution is 5.77. The molecule has 2 aliphatic heterocycles. The van der Waals surface area contributed by atoms with E-state index < -0.39 is 11.7 Å². The maximum Gasteiger partial charge on any atom is 0.416 e. The summed E-state index contributed by atoms with van der Waals surface area (Å²) in [5.74, 6) is 1.55. The summed E-state index contributed by atoms with van der Waals surface area (Å²) in [6.45, 7) is 10.7. The molecule has 3 fully saturated rings. The molecule has 1 amide bonds. The summed E-state index contributed by atoms with van der Waals surface area (Å²) in [5, 5.41) is 0. The van der Waals surface area contributed by atoms with E-state index in [0.717, 1.165) is 49.7 Å². The minimum atomic E-state index is -4.37. The zero-order valence-electron chi connectivity index (χ0n) is 26.3. The van der Waals surface area contributed by atoms with E-state index in [1.165, 1.54) is 18.6 Å². The van der Waals surface area contributed by atoms with Gasteiger partial charge in [-0.05, 0) is 78.5 Å². The molecule has 7 unspecified atom stereocenters. The van der Waals surface area contributed by atoms with Crippen molar-refractivity contribution >= 4 is 5.91 Å². The number of halogens is 3. The molecule has 0 spiro atoms. The van der Waals surface area contributed by atoms with Crippen molar-refractivity contribution in [2.45, 2.75) is 110 Å². The van der Waals surface area contributed by atoms with Gasteiger partial charge in [0.25, 0.3) is 0 Å². The molecule has 5 nitrogen and oxygen atoms in total. The quantitative estimate of drug-likeness (QED) is 0.343. The highest BCUT2D eigenvalue weighted by Gasteiger charge is 2.43. The van der Waals surface area contributed by atoms with Crippen LogP contribution < -0.4 is 5.73 Å². The van der Waals surface area contributed by atoms with E-state index >= 15 is 0 Å². The Balaban J connectivity index is 1.32. The number of benzene rings is 1. The van der Waals surface area contributed by atoms with Crippen LogP contribution in [-0.2, 0) is 15.7 Å². The first kappa shape index (κ1) is 32.2. The molecule has 7 atom stereocenters. The highest BCUT2D eigenvalue weighted by Crippen LogP contribution is 2.40. The molecule has 2 heterocycles. The molecule has 1 saturated carbocycles. The van der Waals surface area contributed by atoms with Gasteiger partial charge in [-0.25, -0.2) is 0 Å². The van der Waals surface area contributed by atoms with E-state index in [1.807, 2.05) is 0 Å². The smallest absolute Gasteiger partial charge is 0.353 e. The summed E-state index contributed by atoms with van der Waals surface area (Å²) < 4.78 is 45.7. The number of ether oxygens (including phenoxy) is 1. The van der Waals surface area contributed by atoms with E-state index in [4.69, 9.17) is 10.5 Å². The summed E-state index contributed by atoms with van der Waals surface area (Å²) >= 11 is 0. The highest BCUT2D eigenvalue weighted by atomic mass is 19.4. The lowest BCUT2D eigenvalue weighted by atomic mass is 9.80. The molecule has 2 saturated heterocycles. The Bertz CT molecular complexity index is 1170. The number of hydrogen-bond acceptors (Lipinski definition) is 4. The zero-order valence-corrected chi connectivity index (χ0v) is 26.3. The lowest BCUT2D eigenvalue weighted by Crippen LogP contribution is -2.60. The molecular formula is C35H50F3N3O2. The van der Waals surface area contributed by atoms with Crippen molar-refractivity contribution in [3.05, 3.63) is 59.2 Å². The van der Waals surface area contributed by atoms with Crippen molar-refractivity contribution in [1.82, 2.24) is 9.80 Å². The molecule has 2 N–H and O–H groups in total. The van der Waals surface area contributed by atoms with Gasteiger partial charge in [0.05, 0.1) is 11.6 Å². The fraction of sp³-hybridized carbons (Fsp3) is 0.686. The number of rotatable bonds is 6. The fourth-order valence-electron chi connectivity index (χ4n) is 7.48. The molecule has 238 valence electrons. The Labute approximate surface area is 255 Å².